The molecule has 96 valence electrons. The molecule has 0 aliphatic rings. The van der Waals surface area contributed by atoms with Crippen molar-refractivity contribution in [2.24, 2.45) is 0 Å². The predicted molar refractivity (Wildman–Crippen MR) is 68.2 cm³/mol. The van der Waals surface area contributed by atoms with E-state index in [0.717, 1.165) is 5.56 Å². The van der Waals surface area contributed by atoms with Gasteiger partial charge in [0.1, 0.15) is 0 Å². The van der Waals surface area contributed by atoms with Crippen molar-refractivity contribution in [3.63, 3.8) is 0 Å². The molecule has 17 heavy (non-hydrogen) atoms. The molecule has 0 saturated carbocycles. The van der Waals surface area contributed by atoms with Gasteiger partial charge in [0.05, 0.1) is 19.3 Å². The topological polar surface area (TPSA) is 38.7 Å². The first-order valence-corrected chi connectivity index (χ1v) is 5.96. The van der Waals surface area contributed by atoms with Gasteiger partial charge in [0.25, 0.3) is 0 Å². The van der Waals surface area contributed by atoms with Crippen LogP contribution in [0.1, 0.15) is 29.2 Å². The number of aliphatic hydroxyl groups excluding tert-OH is 1. The summed E-state index contributed by atoms with van der Waals surface area (Å²) in [4.78, 5) is 0. The number of ether oxygens (including phenoxy) is 2. The number of hydrogen-bond donors (Lipinski definition) is 1. The lowest BCUT2D eigenvalue weighted by Crippen LogP contribution is -2.07. The van der Waals surface area contributed by atoms with E-state index in [1.165, 1.54) is 11.1 Å². The zero-order chi connectivity index (χ0) is 12.7. The van der Waals surface area contributed by atoms with Gasteiger partial charge in [0.2, 0.25) is 0 Å². The summed E-state index contributed by atoms with van der Waals surface area (Å²) in [7, 11) is 1.65. The highest BCUT2D eigenvalue weighted by atomic mass is 16.5. The molecule has 3 nitrogen and oxygen atoms in total. The Kier molecular flexibility index (Phi) is 6.19. The smallest absolute Gasteiger partial charge is 0.0812 e. The first kappa shape index (κ1) is 14.2. The quantitative estimate of drug-likeness (QED) is 0.741. The minimum Gasteiger partial charge on any atom is -0.388 e. The minimum absolute atomic E-state index is 0.448. The van der Waals surface area contributed by atoms with E-state index in [0.29, 0.717) is 26.2 Å². The molecule has 0 fully saturated rings. The van der Waals surface area contributed by atoms with Gasteiger partial charge in [0, 0.05) is 20.1 Å². The van der Waals surface area contributed by atoms with Crippen LogP contribution >= 0.6 is 0 Å². The normalized spacial score (nSPS) is 12.7. The van der Waals surface area contributed by atoms with Crippen LogP contribution < -0.4 is 0 Å². The van der Waals surface area contributed by atoms with E-state index < -0.39 is 6.10 Å². The zero-order valence-corrected chi connectivity index (χ0v) is 10.9. The standard InChI is InChI=1S/C14H22O3/c1-11-8-12(2)10-13(9-11)14(15)4-5-17-7-6-16-3/h8-10,14-15H,4-7H2,1-3H3. The molecule has 1 unspecified atom stereocenters. The second-order valence-corrected chi connectivity index (χ2v) is 4.33. The summed E-state index contributed by atoms with van der Waals surface area (Å²) in [5.74, 6) is 0. The second-order valence-electron chi connectivity index (χ2n) is 4.33. The molecule has 1 N–H and O–H groups in total. The molecule has 0 bridgehead atoms. The van der Waals surface area contributed by atoms with Gasteiger partial charge in [-0.1, -0.05) is 29.3 Å². The van der Waals surface area contributed by atoms with Gasteiger partial charge in [-0.25, -0.2) is 0 Å². The highest BCUT2D eigenvalue weighted by Crippen LogP contribution is 2.19. The van der Waals surface area contributed by atoms with Crippen LogP contribution in [0.4, 0.5) is 0 Å². The van der Waals surface area contributed by atoms with Crippen LogP contribution in [0.2, 0.25) is 0 Å². The van der Waals surface area contributed by atoms with Crippen molar-refractivity contribution >= 4 is 0 Å². The van der Waals surface area contributed by atoms with E-state index >= 15 is 0 Å². The van der Waals surface area contributed by atoms with Crippen molar-refractivity contribution in [1.29, 1.82) is 0 Å². The lowest BCUT2D eigenvalue weighted by atomic mass is 10.0. The van der Waals surface area contributed by atoms with Gasteiger partial charge in [-0.15, -0.1) is 0 Å². The van der Waals surface area contributed by atoms with E-state index in [1.807, 2.05) is 26.0 Å². The van der Waals surface area contributed by atoms with Crippen molar-refractivity contribution in [3.8, 4) is 0 Å². The Bertz CT molecular complexity index is 316. The Morgan fingerprint density at radius 3 is 2.29 bits per heavy atom. The van der Waals surface area contributed by atoms with E-state index in [-0.39, 0.29) is 0 Å². The minimum atomic E-state index is -0.448. The van der Waals surface area contributed by atoms with E-state index in [4.69, 9.17) is 9.47 Å². The van der Waals surface area contributed by atoms with Gasteiger partial charge in [-0.05, 0) is 19.4 Å². The van der Waals surface area contributed by atoms with Gasteiger partial charge >= 0.3 is 0 Å². The third-order valence-electron chi connectivity index (χ3n) is 2.60. The Hall–Kier alpha value is -0.900. The molecule has 0 amide bonds. The molecule has 0 aromatic heterocycles. The first-order valence-electron chi connectivity index (χ1n) is 5.96. The average Bonchev–Trinajstić information content (AvgIpc) is 2.27. The largest absolute Gasteiger partial charge is 0.388 e. The van der Waals surface area contributed by atoms with Crippen molar-refractivity contribution in [2.75, 3.05) is 26.9 Å². The van der Waals surface area contributed by atoms with E-state index in [1.54, 1.807) is 7.11 Å². The number of aryl methyl sites for hydroxylation is 2. The van der Waals surface area contributed by atoms with Crippen LogP contribution in [-0.2, 0) is 9.47 Å². The summed E-state index contributed by atoms with van der Waals surface area (Å²) in [6, 6.07) is 6.14. The molecular formula is C14H22O3. The van der Waals surface area contributed by atoms with Crippen molar-refractivity contribution in [1.82, 2.24) is 0 Å². The number of benzene rings is 1. The van der Waals surface area contributed by atoms with E-state index in [2.05, 4.69) is 6.07 Å². The number of aliphatic hydroxyl groups is 1. The highest BCUT2D eigenvalue weighted by molar-refractivity contribution is 5.29. The highest BCUT2D eigenvalue weighted by Gasteiger charge is 2.08. The lowest BCUT2D eigenvalue weighted by molar-refractivity contribution is 0.0475. The Balaban J connectivity index is 2.38. The molecule has 1 atom stereocenters. The Labute approximate surface area is 103 Å². The monoisotopic (exact) mass is 238 g/mol. The van der Waals surface area contributed by atoms with Gasteiger partial charge in [0.15, 0.2) is 0 Å². The first-order chi connectivity index (χ1) is 8.13. The molecular weight excluding hydrogens is 216 g/mol. The van der Waals surface area contributed by atoms with Crippen LogP contribution in [0.3, 0.4) is 0 Å². The Morgan fingerprint density at radius 1 is 1.06 bits per heavy atom. The Morgan fingerprint density at radius 2 is 1.71 bits per heavy atom. The summed E-state index contributed by atoms with van der Waals surface area (Å²) in [6.07, 6.45) is 0.170. The van der Waals surface area contributed by atoms with Crippen LogP contribution in [0.5, 0.6) is 0 Å². The summed E-state index contributed by atoms with van der Waals surface area (Å²) in [5, 5.41) is 10.0. The molecule has 0 heterocycles. The van der Waals surface area contributed by atoms with E-state index in [9.17, 15) is 5.11 Å². The predicted octanol–water partition coefficient (Wildman–Crippen LogP) is 2.39. The molecule has 1 aromatic rings. The molecule has 3 heteroatoms. The van der Waals surface area contributed by atoms with Crippen LogP contribution in [0, 0.1) is 13.8 Å². The fourth-order valence-corrected chi connectivity index (χ4v) is 1.81. The number of rotatable bonds is 7. The maximum atomic E-state index is 10.0. The average molecular weight is 238 g/mol. The zero-order valence-electron chi connectivity index (χ0n) is 10.9. The summed E-state index contributed by atoms with van der Waals surface area (Å²) in [6.45, 7) is 5.81. The summed E-state index contributed by atoms with van der Waals surface area (Å²) < 4.78 is 10.2. The maximum Gasteiger partial charge on any atom is 0.0812 e. The number of hydrogen-bond acceptors (Lipinski definition) is 3. The SMILES string of the molecule is COCCOCCC(O)c1cc(C)cc(C)c1. The second kappa shape index (κ2) is 7.43. The van der Waals surface area contributed by atoms with Crippen molar-refractivity contribution in [3.05, 3.63) is 34.9 Å². The molecule has 0 radical (unpaired) electrons. The van der Waals surface area contributed by atoms with Crippen LogP contribution in [0.25, 0.3) is 0 Å². The third kappa shape index (κ3) is 5.31. The molecule has 0 saturated heterocycles. The molecule has 1 rings (SSSR count). The van der Waals surface area contributed by atoms with Gasteiger partial charge in [-0.2, -0.15) is 0 Å². The fourth-order valence-electron chi connectivity index (χ4n) is 1.81. The van der Waals surface area contributed by atoms with Crippen molar-refractivity contribution in [2.45, 2.75) is 26.4 Å². The molecule has 0 spiro atoms. The molecule has 0 aliphatic heterocycles. The lowest BCUT2D eigenvalue weighted by Gasteiger charge is -2.13. The van der Waals surface area contributed by atoms with Crippen LogP contribution in [0.15, 0.2) is 18.2 Å². The van der Waals surface area contributed by atoms with Crippen LogP contribution in [-0.4, -0.2) is 32.0 Å². The number of methoxy groups -OCH3 is 1. The molecule has 1 aromatic carbocycles. The maximum absolute atomic E-state index is 10.0. The fraction of sp³-hybridized carbons (Fsp3) is 0.571. The van der Waals surface area contributed by atoms with Crippen molar-refractivity contribution < 1.29 is 14.6 Å². The van der Waals surface area contributed by atoms with Gasteiger partial charge < -0.3 is 14.6 Å². The van der Waals surface area contributed by atoms with Gasteiger partial charge in [-0.3, -0.25) is 0 Å². The summed E-state index contributed by atoms with van der Waals surface area (Å²) in [5.41, 5.74) is 3.33. The molecule has 0 aliphatic carbocycles. The third-order valence-corrected chi connectivity index (χ3v) is 2.60. The summed E-state index contributed by atoms with van der Waals surface area (Å²) >= 11 is 0.